The first kappa shape index (κ1) is 24.4. The maximum absolute atomic E-state index is 13.3. The van der Waals surface area contributed by atoms with Gasteiger partial charge in [-0.3, -0.25) is 15.0 Å². The number of benzene rings is 2. The van der Waals surface area contributed by atoms with Gasteiger partial charge in [-0.15, -0.1) is 0 Å². The second-order valence-corrected chi connectivity index (χ2v) is 8.49. The molecule has 1 unspecified atom stereocenters. The van der Waals surface area contributed by atoms with E-state index in [1.54, 1.807) is 19.2 Å². The third-order valence-corrected chi connectivity index (χ3v) is 5.35. The van der Waals surface area contributed by atoms with E-state index in [9.17, 15) is 13.2 Å². The Balaban J connectivity index is 2.03. The highest BCUT2D eigenvalue weighted by Gasteiger charge is 2.31. The fourth-order valence-electron chi connectivity index (χ4n) is 3.90. The highest BCUT2D eigenvalue weighted by molar-refractivity contribution is 6.07. The van der Waals surface area contributed by atoms with Crippen LogP contribution in [0.4, 0.5) is 24.5 Å². The molecule has 0 amide bonds. The number of hydrogen-bond acceptors (Lipinski definition) is 3. The molecule has 3 aromatic rings. The lowest BCUT2D eigenvalue weighted by Gasteiger charge is -2.18. The van der Waals surface area contributed by atoms with Crippen molar-refractivity contribution in [2.75, 3.05) is 0 Å². The Morgan fingerprint density at radius 3 is 1.88 bits per heavy atom. The zero-order chi connectivity index (χ0) is 24.2. The van der Waals surface area contributed by atoms with Crippen LogP contribution in [0.3, 0.4) is 0 Å². The summed E-state index contributed by atoms with van der Waals surface area (Å²) in [7, 11) is 0. The van der Waals surface area contributed by atoms with Gasteiger partial charge < -0.3 is 0 Å². The smallest absolute Gasteiger partial charge is 0.261 e. The number of hydrogen-bond donors (Lipinski definition) is 0. The third-order valence-electron chi connectivity index (χ3n) is 5.35. The molecule has 0 fully saturated rings. The average molecular weight is 452 g/mol. The number of aromatic nitrogens is 1. The Morgan fingerprint density at radius 2 is 1.36 bits per heavy atom. The Kier molecular flexibility index (Phi) is 7.46. The van der Waals surface area contributed by atoms with Crippen LogP contribution >= 0.6 is 0 Å². The number of rotatable bonds is 6. The number of alkyl halides is 3. The number of nitrogens with zero attached hydrogens (tertiary/aromatic N) is 3. The summed E-state index contributed by atoms with van der Waals surface area (Å²) >= 11 is 0. The molecule has 33 heavy (non-hydrogen) atoms. The minimum Gasteiger partial charge on any atom is -0.261 e. The lowest BCUT2D eigenvalue weighted by molar-refractivity contribution is -0.137. The number of halogens is 3. The third kappa shape index (κ3) is 6.85. The van der Waals surface area contributed by atoms with Gasteiger partial charge in [0, 0.05) is 35.7 Å². The van der Waals surface area contributed by atoms with Crippen molar-refractivity contribution in [3.8, 4) is 0 Å². The van der Waals surface area contributed by atoms with Crippen molar-refractivity contribution >= 4 is 22.8 Å². The first-order valence-corrected chi connectivity index (χ1v) is 10.8. The summed E-state index contributed by atoms with van der Waals surface area (Å²) in [6.45, 7) is 9.46. The van der Waals surface area contributed by atoms with Crippen LogP contribution in [0.5, 0.6) is 0 Å². The number of aryl methyl sites for hydroxylation is 3. The van der Waals surface area contributed by atoms with Crippen molar-refractivity contribution in [1.82, 2.24) is 4.98 Å². The van der Waals surface area contributed by atoms with Crippen LogP contribution in [0, 0.1) is 26.7 Å². The van der Waals surface area contributed by atoms with Gasteiger partial charge in [-0.2, -0.15) is 13.2 Å². The van der Waals surface area contributed by atoms with Crippen LogP contribution in [0.1, 0.15) is 41.8 Å². The monoisotopic (exact) mass is 451 g/mol. The lowest BCUT2D eigenvalue weighted by atomic mass is 9.93. The van der Waals surface area contributed by atoms with Crippen LogP contribution < -0.4 is 0 Å². The van der Waals surface area contributed by atoms with Crippen molar-refractivity contribution in [3.05, 3.63) is 88.7 Å². The molecule has 1 heterocycles. The molecule has 0 N–H and O–H groups in total. The first-order chi connectivity index (χ1) is 15.5. The predicted molar refractivity (Wildman–Crippen MR) is 129 cm³/mol. The number of aliphatic imine (C=N–C) groups is 2. The van der Waals surface area contributed by atoms with Crippen LogP contribution in [0.25, 0.3) is 0 Å². The van der Waals surface area contributed by atoms with Crippen molar-refractivity contribution in [3.63, 3.8) is 0 Å². The molecular formula is C27H28F3N3. The maximum Gasteiger partial charge on any atom is 0.416 e. The van der Waals surface area contributed by atoms with E-state index in [2.05, 4.69) is 16.0 Å². The summed E-state index contributed by atoms with van der Waals surface area (Å²) in [5.41, 5.74) is 5.56. The van der Waals surface area contributed by atoms with E-state index in [1.165, 1.54) is 0 Å². The van der Waals surface area contributed by atoms with E-state index in [0.29, 0.717) is 17.7 Å². The lowest BCUT2D eigenvalue weighted by Crippen LogP contribution is -2.23. The van der Waals surface area contributed by atoms with Gasteiger partial charge >= 0.3 is 6.18 Å². The van der Waals surface area contributed by atoms with Gasteiger partial charge in [0.1, 0.15) is 0 Å². The van der Waals surface area contributed by atoms with Crippen LogP contribution in [0.2, 0.25) is 0 Å². The molecule has 0 aliphatic carbocycles. The number of pyridine rings is 1. The summed E-state index contributed by atoms with van der Waals surface area (Å²) < 4.78 is 39.9. The van der Waals surface area contributed by atoms with E-state index in [-0.39, 0.29) is 11.6 Å². The zero-order valence-electron chi connectivity index (χ0n) is 19.5. The van der Waals surface area contributed by atoms with Gasteiger partial charge in [0.05, 0.1) is 16.9 Å². The molecule has 1 aromatic heterocycles. The molecule has 2 aromatic carbocycles. The minimum absolute atomic E-state index is 0.212. The summed E-state index contributed by atoms with van der Waals surface area (Å²) in [6.07, 6.45) is -2.14. The van der Waals surface area contributed by atoms with Crippen molar-refractivity contribution < 1.29 is 13.2 Å². The van der Waals surface area contributed by atoms with Crippen molar-refractivity contribution in [2.45, 2.75) is 47.2 Å². The quantitative estimate of drug-likeness (QED) is 0.353. The minimum atomic E-state index is -4.42. The van der Waals surface area contributed by atoms with Crippen LogP contribution in [0.15, 0.2) is 70.8 Å². The Bertz CT molecular complexity index is 1160. The second kappa shape index (κ2) is 10.1. The fraction of sp³-hybridized carbons (Fsp3) is 0.296. The SMILES string of the molecule is C/C(=N\c1cc(C)cc(C)c1)C(Cc1ccccn1)/C(C)=N/c1cc(C)cc(C(F)(F)F)c1. The van der Waals surface area contributed by atoms with Gasteiger partial charge in [-0.05, 0) is 93.8 Å². The van der Waals surface area contributed by atoms with Gasteiger partial charge in [0.25, 0.3) is 0 Å². The van der Waals surface area contributed by atoms with Gasteiger partial charge in [-0.1, -0.05) is 12.1 Å². The fourth-order valence-corrected chi connectivity index (χ4v) is 3.90. The van der Waals surface area contributed by atoms with E-state index >= 15 is 0 Å². The Hall–Kier alpha value is -3.28. The van der Waals surface area contributed by atoms with Gasteiger partial charge in [0.15, 0.2) is 0 Å². The first-order valence-electron chi connectivity index (χ1n) is 10.8. The predicted octanol–water partition coefficient (Wildman–Crippen LogP) is 7.77. The average Bonchev–Trinajstić information content (AvgIpc) is 2.70. The Labute approximate surface area is 193 Å². The normalized spacial score (nSPS) is 13.8. The molecule has 0 aliphatic heterocycles. The standard InChI is InChI=1S/C27H28F3N3/c1-17-10-18(2)13-24(12-17)32-20(4)26(16-23-8-6-7-9-31-23)21(5)33-25-14-19(3)11-22(15-25)27(28,29)30/h6-15,26H,16H2,1-5H3/b32-20+,33-21+. The van der Waals surface area contributed by atoms with Crippen molar-refractivity contribution in [2.24, 2.45) is 15.9 Å². The summed E-state index contributed by atoms with van der Waals surface area (Å²) in [4.78, 5) is 13.9. The zero-order valence-corrected chi connectivity index (χ0v) is 19.5. The van der Waals surface area contributed by atoms with E-state index < -0.39 is 11.7 Å². The summed E-state index contributed by atoms with van der Waals surface area (Å²) in [5, 5.41) is 0. The molecule has 0 aliphatic rings. The molecule has 0 saturated heterocycles. The molecule has 6 heteroatoms. The molecule has 0 spiro atoms. The molecule has 172 valence electrons. The highest BCUT2D eigenvalue weighted by Crippen LogP contribution is 2.33. The summed E-state index contributed by atoms with van der Waals surface area (Å²) in [6, 6.07) is 15.7. The molecule has 0 bridgehead atoms. The van der Waals surface area contributed by atoms with Crippen LogP contribution in [-0.2, 0) is 12.6 Å². The van der Waals surface area contributed by atoms with E-state index in [1.807, 2.05) is 58.0 Å². The highest BCUT2D eigenvalue weighted by atomic mass is 19.4. The van der Waals surface area contributed by atoms with Gasteiger partial charge in [-0.25, -0.2) is 0 Å². The molecule has 0 radical (unpaired) electrons. The maximum atomic E-state index is 13.3. The topological polar surface area (TPSA) is 37.6 Å². The summed E-state index contributed by atoms with van der Waals surface area (Å²) in [5.74, 6) is -0.212. The van der Waals surface area contributed by atoms with Gasteiger partial charge in [0.2, 0.25) is 0 Å². The molecule has 1 atom stereocenters. The van der Waals surface area contributed by atoms with E-state index in [0.717, 1.165) is 40.4 Å². The Morgan fingerprint density at radius 1 is 0.818 bits per heavy atom. The van der Waals surface area contributed by atoms with Crippen LogP contribution in [-0.4, -0.2) is 16.4 Å². The van der Waals surface area contributed by atoms with Crippen molar-refractivity contribution in [1.29, 1.82) is 0 Å². The molecule has 3 rings (SSSR count). The molecular weight excluding hydrogens is 423 g/mol. The molecule has 3 nitrogen and oxygen atoms in total. The van der Waals surface area contributed by atoms with E-state index in [4.69, 9.17) is 4.99 Å². The molecule has 0 saturated carbocycles. The largest absolute Gasteiger partial charge is 0.416 e. The second-order valence-electron chi connectivity index (χ2n) is 8.49.